The van der Waals surface area contributed by atoms with E-state index in [2.05, 4.69) is 6.92 Å². The molecule has 27 heavy (non-hydrogen) atoms. The van der Waals surface area contributed by atoms with E-state index in [0.717, 1.165) is 12.8 Å². The molecule has 0 amide bonds. The topological polar surface area (TPSA) is 115 Å². The minimum absolute atomic E-state index is 0. The fraction of sp³-hybridized carbons (Fsp3) is 0.944. The summed E-state index contributed by atoms with van der Waals surface area (Å²) in [6.45, 7) is 2.27. The highest BCUT2D eigenvalue weighted by atomic mass is 31.2. The summed E-state index contributed by atoms with van der Waals surface area (Å²) in [4.78, 5) is 31.9. The normalized spacial score (nSPS) is 10.2. The number of phosphoric acid groups is 1. The summed E-state index contributed by atoms with van der Waals surface area (Å²) in [6, 6.07) is 0. The maximum Gasteiger partial charge on any atom is 0.466 e. The van der Waals surface area contributed by atoms with Gasteiger partial charge in [-0.25, -0.2) is 4.57 Å². The molecule has 0 unspecified atom stereocenters. The molecule has 0 aliphatic carbocycles. The quantitative estimate of drug-likeness (QED) is 0.167. The molecule has 0 spiro atoms. The first-order valence-corrected chi connectivity index (χ1v) is 11.3. The smallest absolute Gasteiger partial charge is 0.466 e. The van der Waals surface area contributed by atoms with Crippen molar-refractivity contribution in [2.24, 2.45) is 0 Å². The third kappa shape index (κ3) is 52.0. The van der Waals surface area contributed by atoms with Gasteiger partial charge in [0.15, 0.2) is 17.4 Å². The SMILES string of the molecule is CCCCCCCCCCCCCCCCCC(=O)O.O=P(O)(O)O.[AlH3].[MgH2]. The highest BCUT2D eigenvalue weighted by Crippen LogP contribution is 2.25. The molecule has 0 aromatic rings. The van der Waals surface area contributed by atoms with Crippen molar-refractivity contribution in [2.75, 3.05) is 0 Å². The standard InChI is InChI=1S/C18H36O2.Al.Mg.H3O4P.5H/c1-2-3-4-5-6-7-8-9-10-11-12-13-14-15-16-17-18(19)20;;;1-5(2,3)4;;;;;/h2-17H2,1H3,(H,19,20);;;(H3,1,2,3,4);;;;;. The van der Waals surface area contributed by atoms with E-state index in [4.69, 9.17) is 24.4 Å². The number of aliphatic carboxylic acids is 1. The fourth-order valence-electron chi connectivity index (χ4n) is 2.65. The molecular weight excluding hydrogens is 394 g/mol. The molecule has 162 valence electrons. The van der Waals surface area contributed by atoms with E-state index in [0.29, 0.717) is 6.42 Å². The monoisotopic (exact) mass is 438 g/mol. The molecule has 0 bridgehead atoms. The minimum Gasteiger partial charge on any atom is -0.481 e. The van der Waals surface area contributed by atoms with E-state index in [1.165, 1.54) is 83.5 Å². The first-order chi connectivity index (χ1) is 11.8. The number of carboxylic acids is 1. The Labute approximate surface area is 192 Å². The molecule has 0 aromatic heterocycles. The molecule has 0 atom stereocenters. The number of unbranched alkanes of at least 4 members (excludes halogenated alkanes) is 14. The summed E-state index contributed by atoms with van der Waals surface area (Å²) < 4.78 is 8.88. The van der Waals surface area contributed by atoms with Crippen LogP contribution in [0.15, 0.2) is 0 Å². The van der Waals surface area contributed by atoms with Crippen LogP contribution in [-0.2, 0) is 9.36 Å². The van der Waals surface area contributed by atoms with Crippen LogP contribution in [0.1, 0.15) is 110 Å². The molecule has 4 N–H and O–H groups in total. The molecule has 9 heteroatoms. The van der Waals surface area contributed by atoms with Gasteiger partial charge in [0, 0.05) is 6.42 Å². The molecule has 0 saturated heterocycles. The molecule has 0 saturated carbocycles. The van der Waals surface area contributed by atoms with Crippen LogP contribution in [0, 0.1) is 0 Å². The summed E-state index contributed by atoms with van der Waals surface area (Å²) in [6.07, 6.45) is 20.2. The zero-order chi connectivity index (χ0) is 19.4. The van der Waals surface area contributed by atoms with Crippen LogP contribution in [0.4, 0.5) is 0 Å². The minimum atomic E-state index is -4.64. The highest BCUT2D eigenvalue weighted by molar-refractivity contribution is 7.45. The highest BCUT2D eigenvalue weighted by Gasteiger charge is 2.00. The third-order valence-electron chi connectivity index (χ3n) is 3.99. The predicted molar refractivity (Wildman–Crippen MR) is 120 cm³/mol. The lowest BCUT2D eigenvalue weighted by atomic mass is 10.0. The van der Waals surface area contributed by atoms with Gasteiger partial charge in [0.25, 0.3) is 0 Å². The van der Waals surface area contributed by atoms with Crippen molar-refractivity contribution in [3.8, 4) is 0 Å². The van der Waals surface area contributed by atoms with Crippen LogP contribution in [0.2, 0.25) is 0 Å². The molecule has 6 nitrogen and oxygen atoms in total. The van der Waals surface area contributed by atoms with E-state index in [1.807, 2.05) is 0 Å². The van der Waals surface area contributed by atoms with Gasteiger partial charge in [0.05, 0.1) is 0 Å². The number of hydrogen-bond acceptors (Lipinski definition) is 2. The van der Waals surface area contributed by atoms with E-state index in [-0.39, 0.29) is 40.4 Å². The van der Waals surface area contributed by atoms with E-state index in [9.17, 15) is 4.79 Å². The molecule has 0 aliphatic rings. The van der Waals surface area contributed by atoms with Crippen molar-refractivity contribution in [3.63, 3.8) is 0 Å². The van der Waals surface area contributed by atoms with Gasteiger partial charge in [-0.2, -0.15) is 0 Å². The van der Waals surface area contributed by atoms with Crippen LogP contribution in [0.25, 0.3) is 0 Å². The van der Waals surface area contributed by atoms with Crippen molar-refractivity contribution in [1.82, 2.24) is 0 Å². The van der Waals surface area contributed by atoms with Crippen molar-refractivity contribution >= 4 is 54.2 Å². The Morgan fingerprint density at radius 1 is 0.667 bits per heavy atom. The van der Waals surface area contributed by atoms with Crippen molar-refractivity contribution in [1.29, 1.82) is 0 Å². The Kier molecular flexibility index (Phi) is 35.2. The lowest BCUT2D eigenvalue weighted by Crippen LogP contribution is -1.93. The van der Waals surface area contributed by atoms with Gasteiger partial charge in [0.1, 0.15) is 0 Å². The van der Waals surface area contributed by atoms with Crippen molar-refractivity contribution in [3.05, 3.63) is 0 Å². The summed E-state index contributed by atoms with van der Waals surface area (Å²) in [5.74, 6) is -0.653. The molecular formula is C18H44AlMgO6P. The van der Waals surface area contributed by atoms with Crippen molar-refractivity contribution < 1.29 is 29.1 Å². The maximum atomic E-state index is 10.3. The second kappa shape index (κ2) is 26.9. The fourth-order valence-corrected chi connectivity index (χ4v) is 2.65. The lowest BCUT2D eigenvalue weighted by molar-refractivity contribution is -0.137. The van der Waals surface area contributed by atoms with Gasteiger partial charge in [-0.05, 0) is 6.42 Å². The van der Waals surface area contributed by atoms with Crippen LogP contribution >= 0.6 is 7.82 Å². The summed E-state index contributed by atoms with van der Waals surface area (Å²) in [5.41, 5.74) is 0. The second-order valence-electron chi connectivity index (χ2n) is 6.61. The lowest BCUT2D eigenvalue weighted by Gasteiger charge is -2.03. The number of carboxylic acid groups (broad SMARTS) is 1. The second-order valence-corrected chi connectivity index (χ2v) is 7.63. The van der Waals surface area contributed by atoms with Gasteiger partial charge < -0.3 is 19.8 Å². The van der Waals surface area contributed by atoms with Gasteiger partial charge in [-0.1, -0.05) is 96.8 Å². The first-order valence-electron chi connectivity index (χ1n) is 9.77. The van der Waals surface area contributed by atoms with Crippen LogP contribution in [0.5, 0.6) is 0 Å². The molecule has 0 heterocycles. The average Bonchev–Trinajstić information content (AvgIpc) is 2.49. The van der Waals surface area contributed by atoms with Crippen molar-refractivity contribution in [2.45, 2.75) is 110 Å². The summed E-state index contributed by atoms with van der Waals surface area (Å²) in [5, 5.41) is 8.52. The Bertz CT molecular complexity index is 334. The summed E-state index contributed by atoms with van der Waals surface area (Å²) in [7, 11) is -4.64. The largest absolute Gasteiger partial charge is 0.481 e. The van der Waals surface area contributed by atoms with E-state index < -0.39 is 13.8 Å². The zero-order valence-corrected chi connectivity index (χ0v) is 16.8. The Morgan fingerprint density at radius 3 is 1.11 bits per heavy atom. The molecule has 0 aliphatic heterocycles. The van der Waals surface area contributed by atoms with Gasteiger partial charge in [-0.3, -0.25) is 4.79 Å². The Hall–Kier alpha value is 0.879. The number of rotatable bonds is 16. The third-order valence-corrected chi connectivity index (χ3v) is 3.99. The maximum absolute atomic E-state index is 10.3. The predicted octanol–water partition coefficient (Wildman–Crippen LogP) is 3.30. The number of carbonyl (C=O) groups is 1. The first kappa shape index (κ1) is 35.3. The zero-order valence-electron chi connectivity index (χ0n) is 15.9. The van der Waals surface area contributed by atoms with Crippen LogP contribution in [-0.4, -0.2) is 66.2 Å². The molecule has 0 radical (unpaired) electrons. The molecule has 0 aromatic carbocycles. The van der Waals surface area contributed by atoms with Crippen LogP contribution in [0.3, 0.4) is 0 Å². The van der Waals surface area contributed by atoms with Crippen LogP contribution < -0.4 is 0 Å². The van der Waals surface area contributed by atoms with Gasteiger partial charge in [-0.15, -0.1) is 0 Å². The van der Waals surface area contributed by atoms with Gasteiger partial charge in [0.2, 0.25) is 0 Å². The summed E-state index contributed by atoms with van der Waals surface area (Å²) >= 11 is 0. The Balaban J connectivity index is -0.000000333. The molecule has 0 fully saturated rings. The van der Waals surface area contributed by atoms with E-state index >= 15 is 0 Å². The van der Waals surface area contributed by atoms with E-state index in [1.54, 1.807) is 0 Å². The molecule has 0 rings (SSSR count). The average molecular weight is 439 g/mol. The van der Waals surface area contributed by atoms with Gasteiger partial charge >= 0.3 is 36.8 Å². The number of hydrogen-bond donors (Lipinski definition) is 4. The Morgan fingerprint density at radius 2 is 0.889 bits per heavy atom.